The number of carbonyl (C=O) groups is 1. The average Bonchev–Trinajstić information content (AvgIpc) is 2.27. The van der Waals surface area contributed by atoms with Crippen LogP contribution in [0.15, 0.2) is 23.1 Å². The second-order valence-electron chi connectivity index (χ2n) is 4.13. The Bertz CT molecular complexity index is 583. The number of sulfonamides is 1. The summed E-state index contributed by atoms with van der Waals surface area (Å²) in [4.78, 5) is 11.1. The number of ether oxygens (including phenoxy) is 1. The molecule has 7 heteroatoms. The maximum absolute atomic E-state index is 11.3. The molecule has 1 unspecified atom stereocenters. The lowest BCUT2D eigenvalue weighted by Gasteiger charge is -2.26. The third kappa shape index (κ3) is 2.62. The zero-order valence-corrected chi connectivity index (χ0v) is 10.7. The summed E-state index contributed by atoms with van der Waals surface area (Å²) in [5, 5.41) is 7.84. The number of nitrogens with two attached hydrogens (primary N) is 1. The van der Waals surface area contributed by atoms with Crippen LogP contribution in [0.4, 0.5) is 0 Å². The topological polar surface area (TPSA) is 98.5 Å². The maximum Gasteiger partial charge on any atom is 0.238 e. The summed E-state index contributed by atoms with van der Waals surface area (Å²) in [6.07, 6.45) is 0.598. The fraction of sp³-hybridized carbons (Fsp3) is 0.364. The summed E-state index contributed by atoms with van der Waals surface area (Å²) in [6.45, 7) is 1.89. The molecule has 1 amide bonds. The van der Waals surface area contributed by atoms with Crippen LogP contribution in [-0.4, -0.2) is 20.9 Å². The minimum Gasteiger partial charge on any atom is -0.493 e. The molecule has 0 fully saturated rings. The number of carbonyl (C=O) groups excluding carboxylic acids is 1. The van der Waals surface area contributed by atoms with Crippen molar-refractivity contribution in [1.29, 1.82) is 0 Å². The third-order valence-corrected chi connectivity index (χ3v) is 3.64. The molecule has 1 atom stereocenters. The molecule has 1 aliphatic rings. The Balaban J connectivity index is 2.44. The monoisotopic (exact) mass is 270 g/mol. The fourth-order valence-corrected chi connectivity index (χ4v) is 2.49. The number of primary sulfonamides is 1. The standard InChI is InChI=1S/C11H14N2O4S/c1-7(14)13-10-4-5-17-11-3-2-8(6-9(10)11)18(12,15)16/h2-3,6,10H,4-5H2,1H3,(H,13,14)(H2,12,15,16). The van der Waals surface area contributed by atoms with Crippen LogP contribution >= 0.6 is 0 Å². The Labute approximate surface area is 105 Å². The van der Waals surface area contributed by atoms with E-state index in [-0.39, 0.29) is 16.8 Å². The molecule has 1 heterocycles. The van der Waals surface area contributed by atoms with E-state index >= 15 is 0 Å². The van der Waals surface area contributed by atoms with E-state index in [1.54, 1.807) is 6.07 Å². The summed E-state index contributed by atoms with van der Waals surface area (Å²) in [5.41, 5.74) is 0.642. The van der Waals surface area contributed by atoms with Crippen LogP contribution in [0.1, 0.15) is 24.9 Å². The first kappa shape index (κ1) is 12.8. The van der Waals surface area contributed by atoms with Crippen molar-refractivity contribution in [2.75, 3.05) is 6.61 Å². The van der Waals surface area contributed by atoms with Gasteiger partial charge in [0.2, 0.25) is 15.9 Å². The van der Waals surface area contributed by atoms with Crippen molar-refractivity contribution in [1.82, 2.24) is 5.32 Å². The zero-order valence-electron chi connectivity index (χ0n) is 9.84. The molecule has 2 rings (SSSR count). The molecule has 0 saturated heterocycles. The maximum atomic E-state index is 11.3. The lowest BCUT2D eigenvalue weighted by Crippen LogP contribution is -2.30. The van der Waals surface area contributed by atoms with Gasteiger partial charge in [0.05, 0.1) is 17.5 Å². The van der Waals surface area contributed by atoms with Crippen LogP contribution in [0, 0.1) is 0 Å². The Morgan fingerprint density at radius 1 is 1.50 bits per heavy atom. The van der Waals surface area contributed by atoms with E-state index < -0.39 is 10.0 Å². The number of benzene rings is 1. The van der Waals surface area contributed by atoms with Crippen molar-refractivity contribution in [3.8, 4) is 5.75 Å². The van der Waals surface area contributed by atoms with E-state index in [0.717, 1.165) is 0 Å². The Morgan fingerprint density at radius 2 is 2.22 bits per heavy atom. The SMILES string of the molecule is CC(=O)NC1CCOc2ccc(S(N)(=O)=O)cc21. The minimum absolute atomic E-state index is 0.0158. The normalized spacial score (nSPS) is 18.7. The fourth-order valence-electron chi connectivity index (χ4n) is 1.94. The minimum atomic E-state index is -3.76. The first-order chi connectivity index (χ1) is 8.38. The molecule has 1 aliphatic heterocycles. The van der Waals surface area contributed by atoms with Gasteiger partial charge in [-0.05, 0) is 18.2 Å². The second kappa shape index (κ2) is 4.58. The number of fused-ring (bicyclic) bond motifs is 1. The Hall–Kier alpha value is -1.60. The van der Waals surface area contributed by atoms with Gasteiger partial charge in [0.15, 0.2) is 0 Å². The highest BCUT2D eigenvalue weighted by molar-refractivity contribution is 7.89. The lowest BCUT2D eigenvalue weighted by atomic mass is 10.0. The highest BCUT2D eigenvalue weighted by Gasteiger charge is 2.24. The Kier molecular flexibility index (Phi) is 3.27. The molecule has 1 aromatic carbocycles. The van der Waals surface area contributed by atoms with Gasteiger partial charge in [-0.25, -0.2) is 13.6 Å². The molecule has 0 spiro atoms. The van der Waals surface area contributed by atoms with Gasteiger partial charge in [0.1, 0.15) is 5.75 Å². The number of hydrogen-bond donors (Lipinski definition) is 2. The summed E-state index contributed by atoms with van der Waals surface area (Å²) < 4.78 is 28.0. The molecule has 1 aromatic rings. The van der Waals surface area contributed by atoms with Crippen molar-refractivity contribution in [3.63, 3.8) is 0 Å². The highest BCUT2D eigenvalue weighted by atomic mass is 32.2. The number of nitrogens with one attached hydrogen (secondary N) is 1. The smallest absolute Gasteiger partial charge is 0.238 e. The number of rotatable bonds is 2. The molecule has 0 bridgehead atoms. The molecule has 0 aromatic heterocycles. The van der Waals surface area contributed by atoms with Crippen molar-refractivity contribution < 1.29 is 17.9 Å². The lowest BCUT2D eigenvalue weighted by molar-refractivity contribution is -0.119. The molecular formula is C11H14N2O4S. The first-order valence-corrected chi connectivity index (χ1v) is 6.99. The molecule has 0 saturated carbocycles. The predicted molar refractivity (Wildman–Crippen MR) is 64.5 cm³/mol. The van der Waals surface area contributed by atoms with E-state index in [4.69, 9.17) is 9.88 Å². The first-order valence-electron chi connectivity index (χ1n) is 5.44. The van der Waals surface area contributed by atoms with Gasteiger partial charge in [0, 0.05) is 18.9 Å². The third-order valence-electron chi connectivity index (χ3n) is 2.73. The summed E-state index contributed by atoms with van der Waals surface area (Å²) in [7, 11) is -3.76. The molecule has 18 heavy (non-hydrogen) atoms. The molecule has 0 aliphatic carbocycles. The number of hydrogen-bond acceptors (Lipinski definition) is 4. The van der Waals surface area contributed by atoms with Gasteiger partial charge in [0.25, 0.3) is 0 Å². The van der Waals surface area contributed by atoms with Gasteiger partial charge in [-0.2, -0.15) is 0 Å². The van der Waals surface area contributed by atoms with E-state index in [9.17, 15) is 13.2 Å². The van der Waals surface area contributed by atoms with Gasteiger partial charge >= 0.3 is 0 Å². The average molecular weight is 270 g/mol. The van der Waals surface area contributed by atoms with E-state index in [2.05, 4.69) is 5.32 Å². The molecule has 98 valence electrons. The number of amides is 1. The van der Waals surface area contributed by atoms with Gasteiger partial charge < -0.3 is 10.1 Å². The van der Waals surface area contributed by atoms with E-state index in [1.165, 1.54) is 19.1 Å². The zero-order chi connectivity index (χ0) is 13.3. The molecular weight excluding hydrogens is 256 g/mol. The van der Waals surface area contributed by atoms with Crippen LogP contribution in [0.2, 0.25) is 0 Å². The van der Waals surface area contributed by atoms with Gasteiger partial charge in [-0.3, -0.25) is 4.79 Å². The van der Waals surface area contributed by atoms with Crippen LogP contribution < -0.4 is 15.2 Å². The molecule has 3 N–H and O–H groups in total. The second-order valence-corrected chi connectivity index (χ2v) is 5.70. The van der Waals surface area contributed by atoms with E-state index in [0.29, 0.717) is 24.3 Å². The summed E-state index contributed by atoms with van der Waals surface area (Å²) in [5.74, 6) is 0.404. The largest absolute Gasteiger partial charge is 0.493 e. The van der Waals surface area contributed by atoms with Crippen LogP contribution in [0.3, 0.4) is 0 Å². The highest BCUT2D eigenvalue weighted by Crippen LogP contribution is 2.33. The summed E-state index contributed by atoms with van der Waals surface area (Å²) >= 11 is 0. The van der Waals surface area contributed by atoms with E-state index in [1.807, 2.05) is 0 Å². The van der Waals surface area contributed by atoms with Crippen molar-refractivity contribution in [2.24, 2.45) is 5.14 Å². The van der Waals surface area contributed by atoms with Crippen LogP contribution in [-0.2, 0) is 14.8 Å². The van der Waals surface area contributed by atoms with Crippen LogP contribution in [0.5, 0.6) is 5.75 Å². The van der Waals surface area contributed by atoms with Crippen molar-refractivity contribution in [2.45, 2.75) is 24.3 Å². The molecule has 6 nitrogen and oxygen atoms in total. The van der Waals surface area contributed by atoms with Crippen molar-refractivity contribution in [3.05, 3.63) is 23.8 Å². The quantitative estimate of drug-likeness (QED) is 0.807. The Morgan fingerprint density at radius 3 is 2.83 bits per heavy atom. The van der Waals surface area contributed by atoms with Gasteiger partial charge in [-0.15, -0.1) is 0 Å². The molecule has 0 radical (unpaired) electrons. The predicted octanol–water partition coefficient (Wildman–Crippen LogP) is 0.294. The van der Waals surface area contributed by atoms with Gasteiger partial charge in [-0.1, -0.05) is 0 Å². The van der Waals surface area contributed by atoms with Crippen LogP contribution in [0.25, 0.3) is 0 Å². The van der Waals surface area contributed by atoms with Crippen molar-refractivity contribution >= 4 is 15.9 Å². The summed E-state index contributed by atoms with van der Waals surface area (Å²) in [6, 6.07) is 4.16.